The summed E-state index contributed by atoms with van der Waals surface area (Å²) < 4.78 is 0. The molecule has 1 saturated carbocycles. The molecule has 0 radical (unpaired) electrons. The van der Waals surface area contributed by atoms with Crippen LogP contribution in [0, 0.1) is 6.92 Å². The molecule has 1 aliphatic rings. The van der Waals surface area contributed by atoms with Crippen molar-refractivity contribution in [3.8, 4) is 0 Å². The third-order valence-electron chi connectivity index (χ3n) is 3.68. The van der Waals surface area contributed by atoms with Crippen LogP contribution in [0.3, 0.4) is 0 Å². The second-order valence-corrected chi connectivity index (χ2v) is 5.29. The highest BCUT2D eigenvalue weighted by Crippen LogP contribution is 2.55. The van der Waals surface area contributed by atoms with E-state index in [1.54, 1.807) is 0 Å². The predicted molar refractivity (Wildman–Crippen MR) is 72.7 cm³/mol. The second kappa shape index (κ2) is 4.19. The van der Waals surface area contributed by atoms with E-state index in [2.05, 4.69) is 43.3 Å². The lowest BCUT2D eigenvalue weighted by molar-refractivity contribution is 1.01. The van der Waals surface area contributed by atoms with Crippen LogP contribution in [0.25, 0.3) is 0 Å². The highest BCUT2D eigenvalue weighted by Gasteiger charge is 2.39. The Labute approximate surface area is 107 Å². The van der Waals surface area contributed by atoms with E-state index in [0.29, 0.717) is 11.8 Å². The quantitative estimate of drug-likeness (QED) is 0.701. The minimum absolute atomic E-state index is 0.688. The van der Waals surface area contributed by atoms with Crippen LogP contribution in [-0.2, 0) is 0 Å². The van der Waals surface area contributed by atoms with Crippen molar-refractivity contribution in [1.29, 1.82) is 0 Å². The van der Waals surface area contributed by atoms with E-state index in [0.717, 1.165) is 5.02 Å². The molecule has 2 atom stereocenters. The van der Waals surface area contributed by atoms with E-state index in [1.165, 1.54) is 23.1 Å². The topological polar surface area (TPSA) is 0 Å². The largest absolute Gasteiger partial charge is 0.0843 e. The number of aryl methyl sites for hydroxylation is 1. The summed E-state index contributed by atoms with van der Waals surface area (Å²) in [4.78, 5) is 0. The Morgan fingerprint density at radius 1 is 0.941 bits per heavy atom. The summed E-state index contributed by atoms with van der Waals surface area (Å²) in [5.41, 5.74) is 4.34. The Kier molecular flexibility index (Phi) is 2.68. The third kappa shape index (κ3) is 2.10. The molecule has 1 heteroatoms. The van der Waals surface area contributed by atoms with E-state index in [1.807, 2.05) is 12.1 Å². The summed E-state index contributed by atoms with van der Waals surface area (Å²) in [7, 11) is 0. The summed E-state index contributed by atoms with van der Waals surface area (Å²) >= 11 is 5.92. The highest BCUT2D eigenvalue weighted by atomic mass is 35.5. The molecule has 0 bridgehead atoms. The first-order valence-electron chi connectivity index (χ1n) is 6.06. The van der Waals surface area contributed by atoms with Crippen molar-refractivity contribution in [2.24, 2.45) is 0 Å². The lowest BCUT2D eigenvalue weighted by atomic mass is 10.0. The maximum atomic E-state index is 5.92. The summed E-state index contributed by atoms with van der Waals surface area (Å²) in [5.74, 6) is 1.39. The molecule has 1 aliphatic carbocycles. The summed E-state index contributed by atoms with van der Waals surface area (Å²) in [6.45, 7) is 2.20. The van der Waals surface area contributed by atoms with Crippen molar-refractivity contribution in [1.82, 2.24) is 0 Å². The first-order chi connectivity index (χ1) is 8.25. The van der Waals surface area contributed by atoms with Gasteiger partial charge in [0.1, 0.15) is 0 Å². The third-order valence-corrected chi connectivity index (χ3v) is 3.93. The van der Waals surface area contributed by atoms with Gasteiger partial charge in [-0.1, -0.05) is 48.0 Å². The smallest absolute Gasteiger partial charge is 0.0406 e. The van der Waals surface area contributed by atoms with E-state index in [-0.39, 0.29) is 0 Å². The van der Waals surface area contributed by atoms with Crippen molar-refractivity contribution in [3.63, 3.8) is 0 Å². The van der Waals surface area contributed by atoms with Crippen molar-refractivity contribution in [2.45, 2.75) is 25.2 Å². The molecule has 1 fully saturated rings. The monoisotopic (exact) mass is 242 g/mol. The van der Waals surface area contributed by atoms with Crippen LogP contribution in [0.2, 0.25) is 5.02 Å². The number of hydrogen-bond donors (Lipinski definition) is 0. The molecule has 0 aromatic heterocycles. The lowest BCUT2D eigenvalue weighted by Crippen LogP contribution is -1.87. The van der Waals surface area contributed by atoms with Gasteiger partial charge in [0.05, 0.1) is 0 Å². The molecule has 0 saturated heterocycles. The maximum absolute atomic E-state index is 5.92. The van der Waals surface area contributed by atoms with Crippen molar-refractivity contribution in [2.75, 3.05) is 0 Å². The first kappa shape index (κ1) is 10.9. The fraction of sp³-hybridized carbons (Fsp3) is 0.250. The number of hydrogen-bond acceptors (Lipinski definition) is 0. The van der Waals surface area contributed by atoms with Gasteiger partial charge in [-0.05, 0) is 54.0 Å². The van der Waals surface area contributed by atoms with Gasteiger partial charge in [-0.25, -0.2) is 0 Å². The van der Waals surface area contributed by atoms with Crippen molar-refractivity contribution < 1.29 is 0 Å². The van der Waals surface area contributed by atoms with Gasteiger partial charge >= 0.3 is 0 Å². The molecule has 2 aromatic carbocycles. The average Bonchev–Trinajstić information content (AvgIpc) is 3.11. The Bertz CT molecular complexity index is 527. The number of benzene rings is 2. The van der Waals surface area contributed by atoms with E-state index in [9.17, 15) is 0 Å². The van der Waals surface area contributed by atoms with Gasteiger partial charge in [0.25, 0.3) is 0 Å². The zero-order chi connectivity index (χ0) is 11.8. The van der Waals surface area contributed by atoms with E-state index >= 15 is 0 Å². The van der Waals surface area contributed by atoms with Crippen LogP contribution < -0.4 is 0 Å². The molecular formula is C16H15Cl. The molecule has 0 amide bonds. The fourth-order valence-electron chi connectivity index (χ4n) is 2.62. The van der Waals surface area contributed by atoms with Crippen LogP contribution >= 0.6 is 11.6 Å². The standard InChI is InChI=1S/C16H15Cl/c1-11-4-2-3-5-14(11)16-10-15(16)12-6-8-13(17)9-7-12/h2-9,15-16H,10H2,1H3/t15-,16-/m0/s1. The van der Waals surface area contributed by atoms with Crippen LogP contribution in [0.1, 0.15) is 34.9 Å². The molecule has 3 rings (SSSR count). The molecule has 86 valence electrons. The minimum Gasteiger partial charge on any atom is -0.0843 e. The van der Waals surface area contributed by atoms with Crippen LogP contribution in [0.15, 0.2) is 48.5 Å². The first-order valence-corrected chi connectivity index (χ1v) is 6.44. The Balaban J connectivity index is 1.83. The number of rotatable bonds is 2. The van der Waals surface area contributed by atoms with E-state index in [4.69, 9.17) is 11.6 Å². The van der Waals surface area contributed by atoms with Crippen LogP contribution in [-0.4, -0.2) is 0 Å². The van der Waals surface area contributed by atoms with Gasteiger partial charge in [-0.3, -0.25) is 0 Å². The zero-order valence-electron chi connectivity index (χ0n) is 9.86. The molecule has 0 spiro atoms. The Morgan fingerprint density at radius 2 is 1.65 bits per heavy atom. The molecule has 0 N–H and O–H groups in total. The zero-order valence-corrected chi connectivity index (χ0v) is 10.6. The molecule has 0 heterocycles. The number of halogens is 1. The summed E-state index contributed by atoms with van der Waals surface area (Å²) in [6, 6.07) is 17.0. The minimum atomic E-state index is 0.688. The normalized spacial score (nSPS) is 22.5. The summed E-state index contributed by atoms with van der Waals surface area (Å²) in [6.07, 6.45) is 1.27. The summed E-state index contributed by atoms with van der Waals surface area (Å²) in [5, 5.41) is 0.821. The maximum Gasteiger partial charge on any atom is 0.0406 e. The molecular weight excluding hydrogens is 228 g/mol. The molecule has 0 aliphatic heterocycles. The van der Waals surface area contributed by atoms with E-state index < -0.39 is 0 Å². The van der Waals surface area contributed by atoms with Gasteiger partial charge < -0.3 is 0 Å². The molecule has 0 unspecified atom stereocenters. The fourth-order valence-corrected chi connectivity index (χ4v) is 2.75. The van der Waals surface area contributed by atoms with Gasteiger partial charge in [0.15, 0.2) is 0 Å². The predicted octanol–water partition coefficient (Wildman–Crippen LogP) is 4.92. The molecule has 0 nitrogen and oxygen atoms in total. The van der Waals surface area contributed by atoms with Gasteiger partial charge in [-0.15, -0.1) is 0 Å². The molecule has 2 aromatic rings. The van der Waals surface area contributed by atoms with Crippen LogP contribution in [0.5, 0.6) is 0 Å². The van der Waals surface area contributed by atoms with Gasteiger partial charge in [0.2, 0.25) is 0 Å². The average molecular weight is 243 g/mol. The van der Waals surface area contributed by atoms with Crippen LogP contribution in [0.4, 0.5) is 0 Å². The van der Waals surface area contributed by atoms with Gasteiger partial charge in [0, 0.05) is 5.02 Å². The van der Waals surface area contributed by atoms with Gasteiger partial charge in [-0.2, -0.15) is 0 Å². The second-order valence-electron chi connectivity index (χ2n) is 4.86. The Morgan fingerprint density at radius 3 is 2.35 bits per heavy atom. The Hall–Kier alpha value is -1.27. The highest BCUT2D eigenvalue weighted by molar-refractivity contribution is 6.30. The SMILES string of the molecule is Cc1ccccc1[C@@H]1C[C@H]1c1ccc(Cl)cc1. The molecule has 17 heavy (non-hydrogen) atoms. The van der Waals surface area contributed by atoms with Crippen molar-refractivity contribution in [3.05, 3.63) is 70.2 Å². The van der Waals surface area contributed by atoms with Crippen molar-refractivity contribution >= 4 is 11.6 Å². The lowest BCUT2D eigenvalue weighted by Gasteiger charge is -2.05.